The van der Waals surface area contributed by atoms with Crippen molar-refractivity contribution in [2.45, 2.75) is 44.2 Å². The van der Waals surface area contributed by atoms with Crippen LogP contribution in [0.1, 0.15) is 29.9 Å². The number of nitrogens with one attached hydrogen (secondary N) is 1. The summed E-state index contributed by atoms with van der Waals surface area (Å²) in [5.41, 5.74) is 2.45. The minimum Gasteiger partial charge on any atom is -0.370 e. The maximum atomic E-state index is 5.98. The van der Waals surface area contributed by atoms with Crippen LogP contribution < -0.4 is 5.32 Å². The molecule has 4 rings (SSSR count). The third-order valence-corrected chi connectivity index (χ3v) is 6.04. The Labute approximate surface area is 156 Å². The summed E-state index contributed by atoms with van der Waals surface area (Å²) in [5.74, 6) is 0.938. The maximum Gasteiger partial charge on any atom is 0.190 e. The fourth-order valence-corrected chi connectivity index (χ4v) is 4.65. The molecule has 0 bridgehead atoms. The zero-order valence-electron chi connectivity index (χ0n) is 14.6. The van der Waals surface area contributed by atoms with Gasteiger partial charge in [-0.25, -0.2) is 9.97 Å². The lowest BCUT2D eigenvalue weighted by Crippen LogP contribution is -2.31. The highest BCUT2D eigenvalue weighted by Crippen LogP contribution is 2.41. The van der Waals surface area contributed by atoms with Crippen LogP contribution in [0.25, 0.3) is 10.2 Å². The van der Waals surface area contributed by atoms with Gasteiger partial charge in [0.05, 0.1) is 17.6 Å². The van der Waals surface area contributed by atoms with Crippen LogP contribution in [-0.4, -0.2) is 21.8 Å². The Morgan fingerprint density at radius 3 is 2.80 bits per heavy atom. The van der Waals surface area contributed by atoms with Gasteiger partial charge < -0.3 is 10.1 Å². The Kier molecular flexibility index (Phi) is 4.43. The van der Waals surface area contributed by atoms with Crippen molar-refractivity contribution in [2.75, 3.05) is 11.6 Å². The summed E-state index contributed by atoms with van der Waals surface area (Å²) in [5, 5.41) is 5.52. The van der Waals surface area contributed by atoms with Gasteiger partial charge >= 0.3 is 0 Å². The molecule has 0 saturated heterocycles. The average Bonchev–Trinajstić information content (AvgIpc) is 2.97. The van der Waals surface area contributed by atoms with E-state index in [1.54, 1.807) is 23.1 Å². The highest BCUT2D eigenvalue weighted by Gasteiger charge is 2.31. The number of thioether (sulfide) groups is 1. The number of hydrogen-bond donors (Lipinski definition) is 1. The molecule has 0 atom stereocenters. The standard InChI is InChI=1S/C19H21N3OS2/c1-19(2)9-13-14(11-23-19)25-17-15(13)16(21-18(22-17)24-3)20-10-12-7-5-4-6-8-12/h4-8H,9-11H2,1-3H3,(H,20,21,22). The van der Waals surface area contributed by atoms with Crippen LogP contribution in [0.15, 0.2) is 35.5 Å². The number of thiophene rings is 1. The smallest absolute Gasteiger partial charge is 0.190 e. The molecule has 3 aromatic rings. The lowest BCUT2D eigenvalue weighted by molar-refractivity contribution is -0.0379. The summed E-state index contributed by atoms with van der Waals surface area (Å²) in [6.45, 7) is 5.71. The van der Waals surface area contributed by atoms with Crippen LogP contribution in [0.5, 0.6) is 0 Å². The van der Waals surface area contributed by atoms with Crippen LogP contribution >= 0.6 is 23.1 Å². The monoisotopic (exact) mass is 371 g/mol. The van der Waals surface area contributed by atoms with Gasteiger partial charge in [0.25, 0.3) is 0 Å². The summed E-state index contributed by atoms with van der Waals surface area (Å²) < 4.78 is 5.98. The zero-order valence-corrected chi connectivity index (χ0v) is 16.3. The van der Waals surface area contributed by atoms with E-state index in [0.717, 1.165) is 28.8 Å². The average molecular weight is 372 g/mol. The van der Waals surface area contributed by atoms with Crippen molar-refractivity contribution in [3.63, 3.8) is 0 Å². The van der Waals surface area contributed by atoms with Crippen LogP contribution in [0.3, 0.4) is 0 Å². The Bertz CT molecular complexity index is 906. The third-order valence-electron chi connectivity index (χ3n) is 4.40. The minimum atomic E-state index is -0.143. The third kappa shape index (κ3) is 3.38. The van der Waals surface area contributed by atoms with E-state index in [2.05, 4.69) is 43.4 Å². The van der Waals surface area contributed by atoms with Crippen molar-refractivity contribution in [1.82, 2.24) is 9.97 Å². The van der Waals surface area contributed by atoms with Gasteiger partial charge in [0.2, 0.25) is 0 Å². The topological polar surface area (TPSA) is 47.0 Å². The lowest BCUT2D eigenvalue weighted by Gasteiger charge is -2.30. The summed E-state index contributed by atoms with van der Waals surface area (Å²) in [4.78, 5) is 11.8. The first kappa shape index (κ1) is 16.8. The number of hydrogen-bond acceptors (Lipinski definition) is 6. The molecule has 1 N–H and O–H groups in total. The number of fused-ring (bicyclic) bond motifs is 3. The zero-order chi connectivity index (χ0) is 17.4. The molecule has 1 aliphatic heterocycles. The van der Waals surface area contributed by atoms with Crippen molar-refractivity contribution in [3.8, 4) is 0 Å². The molecule has 0 fully saturated rings. The Morgan fingerprint density at radius 1 is 1.24 bits per heavy atom. The van der Waals surface area contributed by atoms with Gasteiger partial charge in [0.1, 0.15) is 10.6 Å². The van der Waals surface area contributed by atoms with E-state index in [1.165, 1.54) is 21.4 Å². The van der Waals surface area contributed by atoms with E-state index < -0.39 is 0 Å². The molecule has 0 aliphatic carbocycles. The molecule has 1 aromatic carbocycles. The molecular weight excluding hydrogens is 350 g/mol. The number of rotatable bonds is 4. The quantitative estimate of drug-likeness (QED) is 0.523. The first-order valence-corrected chi connectivity index (χ1v) is 10.4. The number of ether oxygens (including phenoxy) is 1. The molecule has 3 heterocycles. The Morgan fingerprint density at radius 2 is 2.04 bits per heavy atom. The summed E-state index contributed by atoms with van der Waals surface area (Å²) in [6.07, 6.45) is 2.91. The van der Waals surface area contributed by atoms with E-state index >= 15 is 0 Å². The van der Waals surface area contributed by atoms with Crippen molar-refractivity contribution in [2.24, 2.45) is 0 Å². The molecule has 6 heteroatoms. The predicted molar refractivity (Wildman–Crippen MR) is 106 cm³/mol. The number of benzene rings is 1. The number of aromatic nitrogens is 2. The first-order chi connectivity index (χ1) is 12.1. The number of anilines is 1. The van der Waals surface area contributed by atoms with E-state index in [9.17, 15) is 0 Å². The Balaban J connectivity index is 1.77. The van der Waals surface area contributed by atoms with Gasteiger partial charge in [-0.15, -0.1) is 11.3 Å². The molecule has 0 amide bonds. The highest BCUT2D eigenvalue weighted by molar-refractivity contribution is 7.98. The van der Waals surface area contributed by atoms with Gasteiger partial charge in [-0.2, -0.15) is 0 Å². The molecule has 2 aromatic heterocycles. The summed E-state index contributed by atoms with van der Waals surface area (Å²) >= 11 is 3.31. The largest absolute Gasteiger partial charge is 0.370 e. The van der Waals surface area contributed by atoms with E-state index in [4.69, 9.17) is 14.7 Å². The van der Waals surface area contributed by atoms with Gasteiger partial charge in [0, 0.05) is 17.8 Å². The molecule has 0 radical (unpaired) electrons. The van der Waals surface area contributed by atoms with Crippen LogP contribution in [0.2, 0.25) is 0 Å². The number of nitrogens with zero attached hydrogens (tertiary/aromatic N) is 2. The summed E-state index contributed by atoms with van der Waals surface area (Å²) in [7, 11) is 0. The normalized spacial score (nSPS) is 16.0. The first-order valence-electron chi connectivity index (χ1n) is 8.34. The molecule has 1 aliphatic rings. The van der Waals surface area contributed by atoms with Crippen molar-refractivity contribution >= 4 is 39.1 Å². The summed E-state index contributed by atoms with van der Waals surface area (Å²) in [6, 6.07) is 10.4. The molecule has 25 heavy (non-hydrogen) atoms. The van der Waals surface area contributed by atoms with Crippen molar-refractivity contribution in [1.29, 1.82) is 0 Å². The van der Waals surface area contributed by atoms with Gasteiger partial charge in [-0.3, -0.25) is 0 Å². The van der Waals surface area contributed by atoms with Gasteiger partial charge in [-0.05, 0) is 31.2 Å². The predicted octanol–water partition coefficient (Wildman–Crippen LogP) is 4.88. The molecule has 0 unspecified atom stereocenters. The van der Waals surface area contributed by atoms with Gasteiger partial charge in [0.15, 0.2) is 5.16 Å². The van der Waals surface area contributed by atoms with Crippen LogP contribution in [0.4, 0.5) is 5.82 Å². The lowest BCUT2D eigenvalue weighted by atomic mass is 9.94. The minimum absolute atomic E-state index is 0.143. The fourth-order valence-electron chi connectivity index (χ4n) is 3.13. The second-order valence-electron chi connectivity index (χ2n) is 6.81. The van der Waals surface area contributed by atoms with E-state index in [0.29, 0.717) is 6.61 Å². The van der Waals surface area contributed by atoms with Crippen molar-refractivity contribution in [3.05, 3.63) is 46.3 Å². The van der Waals surface area contributed by atoms with E-state index in [1.807, 2.05) is 12.3 Å². The van der Waals surface area contributed by atoms with Crippen LogP contribution in [0, 0.1) is 0 Å². The molecule has 130 valence electrons. The molecule has 4 nitrogen and oxygen atoms in total. The highest BCUT2D eigenvalue weighted by atomic mass is 32.2. The van der Waals surface area contributed by atoms with Crippen molar-refractivity contribution < 1.29 is 4.74 Å². The molecular formula is C19H21N3OS2. The second kappa shape index (κ2) is 6.59. The SMILES string of the molecule is CSc1nc(NCc2ccccc2)c2c3c(sc2n1)COC(C)(C)C3. The van der Waals surface area contributed by atoms with Crippen LogP contribution in [-0.2, 0) is 24.3 Å². The second-order valence-corrected chi connectivity index (χ2v) is 8.66. The molecule has 0 saturated carbocycles. The maximum absolute atomic E-state index is 5.98. The molecule has 0 spiro atoms. The van der Waals surface area contributed by atoms with E-state index in [-0.39, 0.29) is 5.60 Å². The van der Waals surface area contributed by atoms with Gasteiger partial charge in [-0.1, -0.05) is 42.1 Å². The Hall–Kier alpha value is -1.63. The fraction of sp³-hybridized carbons (Fsp3) is 0.368.